The Morgan fingerprint density at radius 2 is 1.72 bits per heavy atom. The number of rotatable bonds is 6. The van der Waals surface area contributed by atoms with Crippen molar-refractivity contribution in [2.45, 2.75) is 11.8 Å². The zero-order valence-corrected chi connectivity index (χ0v) is 17.3. The highest BCUT2D eigenvalue weighted by atomic mass is 35.5. The molecule has 0 heterocycles. The zero-order valence-electron chi connectivity index (χ0n) is 15.8. The minimum Gasteiger partial charge on any atom is -0.495 e. The summed E-state index contributed by atoms with van der Waals surface area (Å²) in [7, 11) is -2.28. The first-order chi connectivity index (χ1) is 13.8. The fraction of sp³-hybridized carbons (Fsp3) is 0.0952. The van der Waals surface area contributed by atoms with Gasteiger partial charge in [0, 0.05) is 5.69 Å². The normalized spacial score (nSPS) is 11.0. The van der Waals surface area contributed by atoms with Gasteiger partial charge < -0.3 is 10.1 Å². The number of nitrogens with one attached hydrogen (secondary N) is 2. The fourth-order valence-corrected chi connectivity index (χ4v) is 3.96. The molecule has 0 spiro atoms. The molecule has 3 aromatic rings. The summed E-state index contributed by atoms with van der Waals surface area (Å²) < 4.78 is 32.8. The van der Waals surface area contributed by atoms with E-state index in [1.165, 1.54) is 37.4 Å². The van der Waals surface area contributed by atoms with Crippen molar-refractivity contribution in [2.75, 3.05) is 17.1 Å². The van der Waals surface area contributed by atoms with Gasteiger partial charge in [-0.1, -0.05) is 35.9 Å². The van der Waals surface area contributed by atoms with Crippen molar-refractivity contribution >= 4 is 38.9 Å². The van der Waals surface area contributed by atoms with Crippen molar-refractivity contribution in [1.82, 2.24) is 0 Å². The number of anilines is 2. The van der Waals surface area contributed by atoms with E-state index in [-0.39, 0.29) is 21.2 Å². The molecule has 0 fully saturated rings. The first-order valence-corrected chi connectivity index (χ1v) is 10.5. The molecule has 0 bridgehead atoms. The number of hydrogen-bond donors (Lipinski definition) is 2. The average molecular weight is 431 g/mol. The van der Waals surface area contributed by atoms with Crippen molar-refractivity contribution in [3.63, 3.8) is 0 Å². The van der Waals surface area contributed by atoms with Crippen molar-refractivity contribution in [2.24, 2.45) is 0 Å². The van der Waals surface area contributed by atoms with Crippen molar-refractivity contribution in [3.05, 3.63) is 82.9 Å². The summed E-state index contributed by atoms with van der Waals surface area (Å²) in [5.41, 5.74) is 1.78. The van der Waals surface area contributed by atoms with Gasteiger partial charge in [-0.15, -0.1) is 0 Å². The number of methoxy groups -OCH3 is 1. The lowest BCUT2D eigenvalue weighted by Gasteiger charge is -2.13. The maximum absolute atomic E-state index is 12.8. The summed E-state index contributed by atoms with van der Waals surface area (Å²) in [5, 5.41) is 2.95. The molecule has 0 unspecified atom stereocenters. The van der Waals surface area contributed by atoms with Gasteiger partial charge in [0.2, 0.25) is 0 Å². The maximum Gasteiger partial charge on any atom is 0.261 e. The Morgan fingerprint density at radius 1 is 1.00 bits per heavy atom. The van der Waals surface area contributed by atoms with Gasteiger partial charge in [0.05, 0.1) is 28.3 Å². The van der Waals surface area contributed by atoms with Crippen LogP contribution in [0.15, 0.2) is 71.6 Å². The van der Waals surface area contributed by atoms with E-state index >= 15 is 0 Å². The topological polar surface area (TPSA) is 84.5 Å². The summed E-state index contributed by atoms with van der Waals surface area (Å²) >= 11 is 6.18. The molecule has 3 rings (SSSR count). The summed E-state index contributed by atoms with van der Waals surface area (Å²) in [6.07, 6.45) is 0. The number of amides is 1. The van der Waals surface area contributed by atoms with Crippen LogP contribution in [0, 0.1) is 6.92 Å². The lowest BCUT2D eigenvalue weighted by molar-refractivity contribution is 0.102. The number of ether oxygens (including phenoxy) is 1. The number of aryl methyl sites for hydroxylation is 1. The lowest BCUT2D eigenvalue weighted by Crippen LogP contribution is -2.16. The van der Waals surface area contributed by atoms with Crippen LogP contribution in [0.4, 0.5) is 11.4 Å². The van der Waals surface area contributed by atoms with Crippen LogP contribution in [0.5, 0.6) is 5.75 Å². The molecule has 0 saturated carbocycles. The quantitative estimate of drug-likeness (QED) is 0.593. The second-order valence-electron chi connectivity index (χ2n) is 6.27. The van der Waals surface area contributed by atoms with Crippen molar-refractivity contribution in [1.29, 1.82) is 0 Å². The molecule has 0 aromatic heterocycles. The SMILES string of the molecule is COc1ccc(C)cc1NC(=O)c1cc(NS(=O)(=O)c2ccccc2)ccc1Cl. The van der Waals surface area contributed by atoms with Gasteiger partial charge in [0.25, 0.3) is 15.9 Å². The first kappa shape index (κ1) is 20.7. The Kier molecular flexibility index (Phi) is 6.10. The highest BCUT2D eigenvalue weighted by Gasteiger charge is 2.17. The monoisotopic (exact) mass is 430 g/mol. The third kappa shape index (κ3) is 4.88. The second-order valence-corrected chi connectivity index (χ2v) is 8.36. The summed E-state index contributed by atoms with van der Waals surface area (Å²) in [5.74, 6) is 0.0145. The minimum atomic E-state index is -3.79. The van der Waals surface area contributed by atoms with Gasteiger partial charge in [0.15, 0.2) is 0 Å². The number of benzene rings is 3. The highest BCUT2D eigenvalue weighted by Crippen LogP contribution is 2.28. The van der Waals surface area contributed by atoms with Crippen molar-refractivity contribution < 1.29 is 17.9 Å². The van der Waals surface area contributed by atoms with Crippen LogP contribution in [-0.4, -0.2) is 21.4 Å². The Morgan fingerprint density at radius 3 is 2.41 bits per heavy atom. The van der Waals surface area contributed by atoms with E-state index in [9.17, 15) is 13.2 Å². The molecule has 8 heteroatoms. The van der Waals surface area contributed by atoms with E-state index in [2.05, 4.69) is 10.0 Å². The molecule has 0 radical (unpaired) electrons. The smallest absolute Gasteiger partial charge is 0.261 e. The molecule has 0 saturated heterocycles. The van der Waals surface area contributed by atoms with Crippen LogP contribution >= 0.6 is 11.6 Å². The van der Waals surface area contributed by atoms with Gasteiger partial charge in [-0.25, -0.2) is 8.42 Å². The van der Waals surface area contributed by atoms with Gasteiger partial charge in [-0.2, -0.15) is 0 Å². The van der Waals surface area contributed by atoms with Crippen LogP contribution < -0.4 is 14.8 Å². The molecule has 6 nitrogen and oxygen atoms in total. The molecule has 2 N–H and O–H groups in total. The van der Waals surface area contributed by atoms with E-state index in [0.717, 1.165) is 5.56 Å². The van der Waals surface area contributed by atoms with Crippen molar-refractivity contribution in [3.8, 4) is 5.75 Å². The largest absolute Gasteiger partial charge is 0.495 e. The van der Waals surface area contributed by atoms with E-state index in [4.69, 9.17) is 16.3 Å². The third-order valence-corrected chi connectivity index (χ3v) is 5.85. The Balaban J connectivity index is 1.88. The molecule has 0 atom stereocenters. The summed E-state index contributed by atoms with van der Waals surface area (Å²) in [6, 6.07) is 17.7. The van der Waals surface area contributed by atoms with Gasteiger partial charge in [-0.05, 0) is 55.0 Å². The molecular weight excluding hydrogens is 412 g/mol. The highest BCUT2D eigenvalue weighted by molar-refractivity contribution is 7.92. The molecule has 1 amide bonds. The molecular formula is C21H19ClN2O4S. The van der Waals surface area contributed by atoms with E-state index in [0.29, 0.717) is 11.4 Å². The van der Waals surface area contributed by atoms with E-state index in [1.807, 2.05) is 13.0 Å². The van der Waals surface area contributed by atoms with Gasteiger partial charge in [-0.3, -0.25) is 9.52 Å². The maximum atomic E-state index is 12.8. The summed E-state index contributed by atoms with van der Waals surface area (Å²) in [6.45, 7) is 1.89. The summed E-state index contributed by atoms with van der Waals surface area (Å²) in [4.78, 5) is 12.9. The molecule has 150 valence electrons. The van der Waals surface area contributed by atoms with Gasteiger partial charge >= 0.3 is 0 Å². The lowest BCUT2D eigenvalue weighted by atomic mass is 10.1. The Labute approximate surface area is 174 Å². The number of carbonyl (C=O) groups is 1. The van der Waals surface area contributed by atoms with Crippen LogP contribution in [0.2, 0.25) is 5.02 Å². The zero-order chi connectivity index (χ0) is 21.0. The predicted octanol–water partition coefficient (Wildman–Crippen LogP) is 4.71. The first-order valence-electron chi connectivity index (χ1n) is 8.63. The molecule has 0 aliphatic carbocycles. The van der Waals surface area contributed by atoms with E-state index < -0.39 is 15.9 Å². The number of halogens is 1. The third-order valence-electron chi connectivity index (χ3n) is 4.12. The molecule has 29 heavy (non-hydrogen) atoms. The minimum absolute atomic E-state index is 0.116. The van der Waals surface area contributed by atoms with Crippen LogP contribution in [-0.2, 0) is 10.0 Å². The number of carbonyl (C=O) groups excluding carboxylic acids is 1. The van der Waals surface area contributed by atoms with Gasteiger partial charge in [0.1, 0.15) is 5.75 Å². The average Bonchev–Trinajstić information content (AvgIpc) is 2.70. The predicted molar refractivity (Wildman–Crippen MR) is 114 cm³/mol. The number of sulfonamides is 1. The fourth-order valence-electron chi connectivity index (χ4n) is 2.69. The van der Waals surface area contributed by atoms with Crippen LogP contribution in [0.1, 0.15) is 15.9 Å². The number of hydrogen-bond acceptors (Lipinski definition) is 4. The Hall–Kier alpha value is -3.03. The Bertz CT molecular complexity index is 1150. The molecule has 0 aliphatic rings. The van der Waals surface area contributed by atoms with E-state index in [1.54, 1.807) is 30.3 Å². The molecule has 0 aliphatic heterocycles. The van der Waals surface area contributed by atoms with Crippen LogP contribution in [0.3, 0.4) is 0 Å². The molecule has 3 aromatic carbocycles. The standard InChI is InChI=1S/C21H19ClN2O4S/c1-14-8-11-20(28-2)19(12-14)23-21(25)17-13-15(9-10-18(17)22)24-29(26,27)16-6-4-3-5-7-16/h3-13,24H,1-2H3,(H,23,25). The van der Waals surface area contributed by atoms with Crippen LogP contribution in [0.25, 0.3) is 0 Å². The second kappa shape index (κ2) is 8.55.